The highest BCUT2D eigenvalue weighted by atomic mass is 14.1. The summed E-state index contributed by atoms with van der Waals surface area (Å²) >= 11 is 0. The molecule has 5 aromatic carbocycles. The first-order valence-electron chi connectivity index (χ1n) is 8.06. The van der Waals surface area contributed by atoms with Crippen molar-refractivity contribution in [3.63, 3.8) is 0 Å². The lowest BCUT2D eigenvalue weighted by Gasteiger charge is -2.14. The topological polar surface area (TPSA) is 0 Å². The van der Waals surface area contributed by atoms with E-state index >= 15 is 0 Å². The van der Waals surface area contributed by atoms with Gasteiger partial charge in [-0.1, -0.05) is 78.9 Å². The van der Waals surface area contributed by atoms with E-state index in [2.05, 4.69) is 85.8 Å². The molecule has 0 radical (unpaired) electrons. The number of hydrogen-bond donors (Lipinski definition) is 0. The van der Waals surface area contributed by atoms with Crippen molar-refractivity contribution in [3.8, 4) is 0 Å². The molecule has 0 heteroatoms. The molecule has 0 aliphatic heterocycles. The molecule has 0 N–H and O–H groups in total. The van der Waals surface area contributed by atoms with E-state index < -0.39 is 0 Å². The minimum Gasteiger partial charge on any atom is -0.0616 e. The Bertz CT molecular complexity index is 1180. The highest BCUT2D eigenvalue weighted by Crippen LogP contribution is 2.39. The van der Waals surface area contributed by atoms with E-state index in [1.807, 2.05) is 0 Å². The fraction of sp³-hybridized carbons (Fsp3) is 0.0435. The molecule has 0 unspecified atom stereocenters. The highest BCUT2D eigenvalue weighted by Gasteiger charge is 2.11. The molecule has 0 amide bonds. The maximum atomic E-state index is 2.28. The normalized spacial score (nSPS) is 11.7. The van der Waals surface area contributed by atoms with E-state index in [-0.39, 0.29) is 0 Å². The van der Waals surface area contributed by atoms with Crippen LogP contribution in [0.25, 0.3) is 43.1 Å². The molecule has 0 atom stereocenters. The van der Waals surface area contributed by atoms with Crippen molar-refractivity contribution in [1.82, 2.24) is 0 Å². The van der Waals surface area contributed by atoms with Gasteiger partial charge in [0.2, 0.25) is 0 Å². The van der Waals surface area contributed by atoms with Crippen molar-refractivity contribution in [1.29, 1.82) is 0 Å². The minimum absolute atomic E-state index is 1.30. The summed E-state index contributed by atoms with van der Waals surface area (Å²) in [5.41, 5.74) is 1.34. The number of aryl methyl sites for hydroxylation is 1. The third kappa shape index (κ3) is 1.66. The molecule has 0 heterocycles. The first-order chi connectivity index (χ1) is 11.3. The zero-order valence-corrected chi connectivity index (χ0v) is 13.0. The summed E-state index contributed by atoms with van der Waals surface area (Å²) in [5, 5.41) is 10.8. The van der Waals surface area contributed by atoms with Gasteiger partial charge in [0.15, 0.2) is 0 Å². The third-order valence-corrected chi connectivity index (χ3v) is 4.96. The van der Waals surface area contributed by atoms with Crippen molar-refractivity contribution in [2.45, 2.75) is 6.92 Å². The van der Waals surface area contributed by atoms with Crippen molar-refractivity contribution < 1.29 is 0 Å². The van der Waals surface area contributed by atoms with E-state index in [0.717, 1.165) is 0 Å². The first kappa shape index (κ1) is 12.7. The summed E-state index contributed by atoms with van der Waals surface area (Å²) in [5.74, 6) is 0. The lowest BCUT2D eigenvalue weighted by Crippen LogP contribution is -1.87. The van der Waals surface area contributed by atoms with E-state index in [1.54, 1.807) is 0 Å². The molecule has 0 nitrogen and oxygen atoms in total. The smallest absolute Gasteiger partial charge is 0.00204 e. The second-order valence-corrected chi connectivity index (χ2v) is 6.25. The second-order valence-electron chi connectivity index (χ2n) is 6.25. The van der Waals surface area contributed by atoms with Crippen LogP contribution >= 0.6 is 0 Å². The van der Waals surface area contributed by atoms with Crippen molar-refractivity contribution in [2.24, 2.45) is 0 Å². The van der Waals surface area contributed by atoms with Gasteiger partial charge in [-0.2, -0.15) is 0 Å². The van der Waals surface area contributed by atoms with Crippen LogP contribution in [0.2, 0.25) is 0 Å². The molecule has 0 aliphatic rings. The zero-order valence-electron chi connectivity index (χ0n) is 13.0. The molecular formula is C23H16. The molecule has 0 saturated heterocycles. The van der Waals surface area contributed by atoms with Crippen LogP contribution in [0.4, 0.5) is 0 Å². The van der Waals surface area contributed by atoms with Crippen LogP contribution in [0.5, 0.6) is 0 Å². The minimum atomic E-state index is 1.30. The van der Waals surface area contributed by atoms with Gasteiger partial charge in [-0.05, 0) is 55.6 Å². The van der Waals surface area contributed by atoms with Crippen LogP contribution in [0, 0.1) is 6.92 Å². The van der Waals surface area contributed by atoms with Crippen LogP contribution in [0.3, 0.4) is 0 Å². The molecule has 0 spiro atoms. The number of hydrogen-bond acceptors (Lipinski definition) is 0. The maximum Gasteiger partial charge on any atom is -0.00204 e. The number of fused-ring (bicyclic) bond motifs is 8. The quantitative estimate of drug-likeness (QED) is 0.282. The summed E-state index contributed by atoms with van der Waals surface area (Å²) < 4.78 is 0. The second kappa shape index (κ2) is 4.57. The molecule has 0 aromatic heterocycles. The molecule has 23 heavy (non-hydrogen) atoms. The molecule has 0 fully saturated rings. The van der Waals surface area contributed by atoms with Gasteiger partial charge >= 0.3 is 0 Å². The SMILES string of the molecule is Cc1cccc2c3ccc4ccccc4c3c3ccccc3c12. The van der Waals surface area contributed by atoms with E-state index in [1.165, 1.54) is 48.7 Å². The van der Waals surface area contributed by atoms with Crippen LogP contribution in [-0.4, -0.2) is 0 Å². The van der Waals surface area contributed by atoms with E-state index in [4.69, 9.17) is 0 Å². The number of benzene rings is 5. The van der Waals surface area contributed by atoms with Crippen LogP contribution in [0.1, 0.15) is 5.56 Å². The molecule has 0 saturated carbocycles. The summed E-state index contributed by atoms with van der Waals surface area (Å²) in [6.45, 7) is 2.21. The zero-order chi connectivity index (χ0) is 15.4. The molecule has 108 valence electrons. The van der Waals surface area contributed by atoms with Crippen molar-refractivity contribution in [3.05, 3.63) is 84.4 Å². The third-order valence-electron chi connectivity index (χ3n) is 4.96. The number of rotatable bonds is 0. The van der Waals surface area contributed by atoms with Gasteiger partial charge in [0.25, 0.3) is 0 Å². The van der Waals surface area contributed by atoms with Gasteiger partial charge in [-0.15, -0.1) is 0 Å². The molecule has 0 bridgehead atoms. The Labute approximate surface area is 135 Å². The van der Waals surface area contributed by atoms with Crippen molar-refractivity contribution >= 4 is 43.1 Å². The molecular weight excluding hydrogens is 276 g/mol. The van der Waals surface area contributed by atoms with Gasteiger partial charge in [-0.25, -0.2) is 0 Å². The van der Waals surface area contributed by atoms with Crippen LogP contribution in [0.15, 0.2) is 78.9 Å². The van der Waals surface area contributed by atoms with Gasteiger partial charge < -0.3 is 0 Å². The average molecular weight is 292 g/mol. The predicted octanol–water partition coefficient (Wildman–Crippen LogP) is 6.61. The lowest BCUT2D eigenvalue weighted by atomic mass is 9.89. The Balaban J connectivity index is 2.24. The molecule has 5 rings (SSSR count). The summed E-state index contributed by atoms with van der Waals surface area (Å²) in [6, 6.07) is 28.7. The molecule has 0 aliphatic carbocycles. The fourth-order valence-corrected chi connectivity index (χ4v) is 3.96. The standard InChI is InChI=1S/C23H16/c1-15-7-6-12-19-21-14-13-16-8-2-3-9-17(16)23(21)20-11-5-4-10-18(20)22(15)19/h2-14H,1H3. The summed E-state index contributed by atoms with van der Waals surface area (Å²) in [7, 11) is 0. The fourth-order valence-electron chi connectivity index (χ4n) is 3.96. The monoisotopic (exact) mass is 292 g/mol. The Morgan fingerprint density at radius 2 is 1.00 bits per heavy atom. The van der Waals surface area contributed by atoms with Gasteiger partial charge in [0.1, 0.15) is 0 Å². The Morgan fingerprint density at radius 3 is 1.78 bits per heavy atom. The predicted molar refractivity (Wildman–Crippen MR) is 101 cm³/mol. The van der Waals surface area contributed by atoms with Crippen molar-refractivity contribution in [2.75, 3.05) is 0 Å². The Kier molecular flexibility index (Phi) is 2.51. The highest BCUT2D eigenvalue weighted by molar-refractivity contribution is 6.31. The Hall–Kier alpha value is -2.86. The van der Waals surface area contributed by atoms with Gasteiger partial charge in [-0.3, -0.25) is 0 Å². The average Bonchev–Trinajstić information content (AvgIpc) is 2.61. The van der Waals surface area contributed by atoms with E-state index in [9.17, 15) is 0 Å². The maximum absolute atomic E-state index is 2.28. The van der Waals surface area contributed by atoms with Gasteiger partial charge in [0, 0.05) is 0 Å². The first-order valence-corrected chi connectivity index (χ1v) is 8.06. The largest absolute Gasteiger partial charge is 0.0616 e. The van der Waals surface area contributed by atoms with Crippen LogP contribution in [-0.2, 0) is 0 Å². The Morgan fingerprint density at radius 1 is 0.435 bits per heavy atom. The lowest BCUT2D eigenvalue weighted by molar-refractivity contribution is 1.55. The molecule has 5 aromatic rings. The summed E-state index contributed by atoms with van der Waals surface area (Å²) in [6.07, 6.45) is 0. The van der Waals surface area contributed by atoms with Gasteiger partial charge in [0.05, 0.1) is 0 Å². The van der Waals surface area contributed by atoms with Crippen LogP contribution < -0.4 is 0 Å². The van der Waals surface area contributed by atoms with E-state index in [0.29, 0.717) is 0 Å². The summed E-state index contributed by atoms with van der Waals surface area (Å²) in [4.78, 5) is 0.